The van der Waals surface area contributed by atoms with Crippen molar-refractivity contribution in [3.8, 4) is 5.75 Å². The van der Waals surface area contributed by atoms with Crippen molar-refractivity contribution in [2.45, 2.75) is 33.1 Å². The second kappa shape index (κ2) is 5.92. The highest BCUT2D eigenvalue weighted by Gasteiger charge is 2.24. The fourth-order valence-electron chi connectivity index (χ4n) is 2.66. The SMILES string of the molecule is CC1(C)CCCN(CC(=O)c2cc(F)ccc2O)CC1. The highest BCUT2D eigenvalue weighted by molar-refractivity contribution is 6.00. The molecule has 110 valence electrons. The number of Topliss-reactive ketones (excluding diaryl/α,β-unsaturated/α-hetero) is 1. The van der Waals surface area contributed by atoms with Crippen LogP contribution >= 0.6 is 0 Å². The molecule has 1 N–H and O–H groups in total. The summed E-state index contributed by atoms with van der Waals surface area (Å²) in [5.41, 5.74) is 0.396. The molecule has 0 unspecified atom stereocenters. The number of hydrogen-bond donors (Lipinski definition) is 1. The first kappa shape index (κ1) is 15.0. The van der Waals surface area contributed by atoms with Gasteiger partial charge in [-0.2, -0.15) is 0 Å². The summed E-state index contributed by atoms with van der Waals surface area (Å²) in [6, 6.07) is 3.49. The molecular weight excluding hydrogens is 257 g/mol. The second-order valence-electron chi connectivity index (χ2n) is 6.38. The molecule has 3 nitrogen and oxygen atoms in total. The maximum Gasteiger partial charge on any atom is 0.180 e. The molecule has 0 atom stereocenters. The van der Waals surface area contributed by atoms with E-state index in [0.29, 0.717) is 5.41 Å². The van der Waals surface area contributed by atoms with Crippen LogP contribution in [0.25, 0.3) is 0 Å². The molecule has 20 heavy (non-hydrogen) atoms. The van der Waals surface area contributed by atoms with Gasteiger partial charge in [-0.15, -0.1) is 0 Å². The van der Waals surface area contributed by atoms with Crippen LogP contribution in [0.1, 0.15) is 43.5 Å². The number of rotatable bonds is 3. The van der Waals surface area contributed by atoms with Crippen molar-refractivity contribution >= 4 is 5.78 Å². The lowest BCUT2D eigenvalue weighted by atomic mass is 9.85. The Morgan fingerprint density at radius 3 is 2.85 bits per heavy atom. The van der Waals surface area contributed by atoms with Crippen molar-refractivity contribution in [3.63, 3.8) is 0 Å². The number of nitrogens with zero attached hydrogens (tertiary/aromatic N) is 1. The number of carbonyl (C=O) groups excluding carboxylic acids is 1. The Labute approximate surface area is 119 Å². The summed E-state index contributed by atoms with van der Waals surface area (Å²) in [7, 11) is 0. The van der Waals surface area contributed by atoms with Gasteiger partial charge in [0.1, 0.15) is 11.6 Å². The molecular formula is C16H22FNO2. The quantitative estimate of drug-likeness (QED) is 0.864. The van der Waals surface area contributed by atoms with E-state index in [-0.39, 0.29) is 23.6 Å². The van der Waals surface area contributed by atoms with Crippen molar-refractivity contribution in [3.05, 3.63) is 29.6 Å². The molecule has 0 bridgehead atoms. The monoisotopic (exact) mass is 279 g/mol. The summed E-state index contributed by atoms with van der Waals surface area (Å²) in [5.74, 6) is -0.864. The molecule has 1 aliphatic rings. The molecule has 1 aromatic carbocycles. The summed E-state index contributed by atoms with van der Waals surface area (Å²) in [6.45, 7) is 6.49. The van der Waals surface area contributed by atoms with Crippen LogP contribution in [0.15, 0.2) is 18.2 Å². The highest BCUT2D eigenvalue weighted by Crippen LogP contribution is 2.30. The van der Waals surface area contributed by atoms with E-state index in [9.17, 15) is 14.3 Å². The highest BCUT2D eigenvalue weighted by atomic mass is 19.1. The minimum Gasteiger partial charge on any atom is -0.507 e. The predicted molar refractivity (Wildman–Crippen MR) is 76.5 cm³/mol. The van der Waals surface area contributed by atoms with E-state index in [1.165, 1.54) is 6.07 Å². The Hall–Kier alpha value is -1.42. The van der Waals surface area contributed by atoms with E-state index in [0.717, 1.165) is 44.5 Å². The first-order valence-electron chi connectivity index (χ1n) is 7.11. The summed E-state index contributed by atoms with van der Waals surface area (Å²) < 4.78 is 13.2. The van der Waals surface area contributed by atoms with Gasteiger partial charge in [-0.3, -0.25) is 9.69 Å². The zero-order chi connectivity index (χ0) is 14.8. The lowest BCUT2D eigenvalue weighted by Crippen LogP contribution is -2.31. The van der Waals surface area contributed by atoms with Gasteiger partial charge in [-0.25, -0.2) is 4.39 Å². The number of phenols is 1. The van der Waals surface area contributed by atoms with Crippen LogP contribution in [-0.2, 0) is 0 Å². The van der Waals surface area contributed by atoms with Crippen LogP contribution in [-0.4, -0.2) is 35.4 Å². The third kappa shape index (κ3) is 3.79. The summed E-state index contributed by atoms with van der Waals surface area (Å²) in [5, 5.41) is 9.67. The summed E-state index contributed by atoms with van der Waals surface area (Å²) in [6.07, 6.45) is 3.27. The van der Waals surface area contributed by atoms with Gasteiger partial charge in [0.2, 0.25) is 0 Å². The van der Waals surface area contributed by atoms with E-state index in [1.807, 2.05) is 0 Å². The van der Waals surface area contributed by atoms with E-state index in [1.54, 1.807) is 0 Å². The van der Waals surface area contributed by atoms with E-state index >= 15 is 0 Å². The third-order valence-corrected chi connectivity index (χ3v) is 4.06. The van der Waals surface area contributed by atoms with Crippen LogP contribution in [0, 0.1) is 11.2 Å². The van der Waals surface area contributed by atoms with Crippen molar-refractivity contribution in [1.29, 1.82) is 0 Å². The van der Waals surface area contributed by atoms with Gasteiger partial charge < -0.3 is 5.11 Å². The van der Waals surface area contributed by atoms with Gasteiger partial charge in [0, 0.05) is 0 Å². The molecule has 0 aromatic heterocycles. The lowest BCUT2D eigenvalue weighted by Gasteiger charge is -2.23. The Balaban J connectivity index is 2.02. The maximum atomic E-state index is 13.2. The average molecular weight is 279 g/mol. The van der Waals surface area contributed by atoms with Crippen molar-refractivity contribution in [2.24, 2.45) is 5.41 Å². The molecule has 0 aliphatic carbocycles. The molecule has 0 spiro atoms. The second-order valence-corrected chi connectivity index (χ2v) is 6.38. The number of halogens is 1. The molecule has 0 amide bonds. The number of benzene rings is 1. The number of carbonyl (C=O) groups is 1. The standard InChI is InChI=1S/C16H22FNO2/c1-16(2)6-3-8-18(9-7-16)11-15(20)13-10-12(17)4-5-14(13)19/h4-5,10,19H,3,6-9,11H2,1-2H3. The van der Waals surface area contributed by atoms with Crippen LogP contribution in [0.2, 0.25) is 0 Å². The van der Waals surface area contributed by atoms with Gasteiger partial charge in [0.25, 0.3) is 0 Å². The Bertz CT molecular complexity index is 499. The zero-order valence-electron chi connectivity index (χ0n) is 12.2. The van der Waals surface area contributed by atoms with Gasteiger partial charge in [0.15, 0.2) is 5.78 Å². The number of aromatic hydroxyl groups is 1. The fourth-order valence-corrected chi connectivity index (χ4v) is 2.66. The molecule has 1 aromatic rings. The Kier molecular flexibility index (Phi) is 4.43. The van der Waals surface area contributed by atoms with Gasteiger partial charge in [-0.05, 0) is 56.0 Å². The van der Waals surface area contributed by atoms with E-state index < -0.39 is 5.82 Å². The third-order valence-electron chi connectivity index (χ3n) is 4.06. The molecule has 1 saturated heterocycles. The molecule has 1 aliphatic heterocycles. The number of phenolic OH excluding ortho intramolecular Hbond substituents is 1. The zero-order valence-corrected chi connectivity index (χ0v) is 12.2. The van der Waals surface area contributed by atoms with Crippen LogP contribution in [0.5, 0.6) is 5.75 Å². The summed E-state index contributed by atoms with van der Waals surface area (Å²) in [4.78, 5) is 14.3. The van der Waals surface area contributed by atoms with Gasteiger partial charge >= 0.3 is 0 Å². The first-order valence-corrected chi connectivity index (χ1v) is 7.11. The molecule has 1 fully saturated rings. The summed E-state index contributed by atoms with van der Waals surface area (Å²) >= 11 is 0. The lowest BCUT2D eigenvalue weighted by molar-refractivity contribution is 0.0927. The largest absolute Gasteiger partial charge is 0.507 e. The van der Waals surface area contributed by atoms with E-state index in [2.05, 4.69) is 18.7 Å². The Morgan fingerprint density at radius 1 is 1.35 bits per heavy atom. The predicted octanol–water partition coefficient (Wildman–Crippen LogP) is 3.23. The fraction of sp³-hybridized carbons (Fsp3) is 0.562. The molecule has 0 radical (unpaired) electrons. The van der Waals surface area contributed by atoms with Crippen LogP contribution < -0.4 is 0 Å². The van der Waals surface area contributed by atoms with Gasteiger partial charge in [0.05, 0.1) is 12.1 Å². The number of hydrogen-bond acceptors (Lipinski definition) is 3. The number of ketones is 1. The first-order chi connectivity index (χ1) is 9.37. The molecule has 1 heterocycles. The number of likely N-dealkylation sites (tertiary alicyclic amines) is 1. The van der Waals surface area contributed by atoms with Crippen LogP contribution in [0.4, 0.5) is 4.39 Å². The Morgan fingerprint density at radius 2 is 2.10 bits per heavy atom. The molecule has 2 rings (SSSR count). The van der Waals surface area contributed by atoms with Gasteiger partial charge in [-0.1, -0.05) is 13.8 Å². The van der Waals surface area contributed by atoms with Crippen molar-refractivity contribution in [2.75, 3.05) is 19.6 Å². The molecule has 4 heteroatoms. The average Bonchev–Trinajstić information content (AvgIpc) is 2.54. The normalized spacial score (nSPS) is 19.6. The van der Waals surface area contributed by atoms with E-state index in [4.69, 9.17) is 0 Å². The maximum absolute atomic E-state index is 13.2. The van der Waals surface area contributed by atoms with Crippen molar-refractivity contribution < 1.29 is 14.3 Å². The minimum absolute atomic E-state index is 0.0773. The minimum atomic E-state index is -0.497. The smallest absolute Gasteiger partial charge is 0.180 e. The van der Waals surface area contributed by atoms with Crippen LogP contribution in [0.3, 0.4) is 0 Å². The molecule has 0 saturated carbocycles. The van der Waals surface area contributed by atoms with Crippen molar-refractivity contribution in [1.82, 2.24) is 4.90 Å². The topological polar surface area (TPSA) is 40.5 Å².